The summed E-state index contributed by atoms with van der Waals surface area (Å²) in [6.45, 7) is 2.75. The van der Waals surface area contributed by atoms with Gasteiger partial charge in [0.1, 0.15) is 11.9 Å². The van der Waals surface area contributed by atoms with Gasteiger partial charge in [0, 0.05) is 24.5 Å². The van der Waals surface area contributed by atoms with Crippen LogP contribution in [-0.2, 0) is 6.54 Å². The summed E-state index contributed by atoms with van der Waals surface area (Å²) >= 11 is 0. The molecule has 0 aromatic carbocycles. The summed E-state index contributed by atoms with van der Waals surface area (Å²) in [4.78, 5) is 4.09. The van der Waals surface area contributed by atoms with Crippen molar-refractivity contribution in [2.24, 2.45) is 11.7 Å². The van der Waals surface area contributed by atoms with Gasteiger partial charge in [-0.15, -0.1) is 0 Å². The van der Waals surface area contributed by atoms with Crippen LogP contribution in [-0.4, -0.2) is 11.1 Å². The van der Waals surface area contributed by atoms with E-state index in [0.717, 1.165) is 11.3 Å². The fourth-order valence-electron chi connectivity index (χ4n) is 2.64. The second kappa shape index (κ2) is 6.01. The van der Waals surface area contributed by atoms with Gasteiger partial charge >= 0.3 is 0 Å². The normalized spacial score (nSPS) is 24.6. The van der Waals surface area contributed by atoms with E-state index in [1.807, 2.05) is 6.07 Å². The molecule has 0 amide bonds. The molecular formula is C14H22N2O. The molecule has 1 aromatic rings. The third-order valence-electron chi connectivity index (χ3n) is 3.72. The second-order valence-corrected chi connectivity index (χ2v) is 4.80. The SMILES string of the molecule is CCC1CCCCC1Oc1ccncc1CN. The van der Waals surface area contributed by atoms with Crippen LogP contribution in [0.15, 0.2) is 18.5 Å². The van der Waals surface area contributed by atoms with Gasteiger partial charge < -0.3 is 10.5 Å². The lowest BCUT2D eigenvalue weighted by Gasteiger charge is -2.31. The van der Waals surface area contributed by atoms with E-state index in [9.17, 15) is 0 Å². The molecule has 1 heterocycles. The quantitative estimate of drug-likeness (QED) is 0.871. The molecular weight excluding hydrogens is 212 g/mol. The van der Waals surface area contributed by atoms with E-state index in [2.05, 4.69) is 11.9 Å². The number of nitrogens with zero attached hydrogens (tertiary/aromatic N) is 1. The first kappa shape index (κ1) is 12.4. The highest BCUT2D eigenvalue weighted by molar-refractivity contribution is 5.30. The summed E-state index contributed by atoms with van der Waals surface area (Å²) in [7, 11) is 0. The van der Waals surface area contributed by atoms with Crippen LogP contribution in [0.5, 0.6) is 5.75 Å². The lowest BCUT2D eigenvalue weighted by molar-refractivity contribution is 0.0893. The monoisotopic (exact) mass is 234 g/mol. The molecule has 0 bridgehead atoms. The van der Waals surface area contributed by atoms with E-state index in [0.29, 0.717) is 18.6 Å². The molecule has 1 aliphatic rings. The fourth-order valence-corrected chi connectivity index (χ4v) is 2.64. The van der Waals surface area contributed by atoms with Crippen LogP contribution in [0.4, 0.5) is 0 Å². The Hall–Kier alpha value is -1.09. The van der Waals surface area contributed by atoms with E-state index in [-0.39, 0.29) is 0 Å². The van der Waals surface area contributed by atoms with Crippen molar-refractivity contribution in [3.05, 3.63) is 24.0 Å². The number of aromatic nitrogens is 1. The summed E-state index contributed by atoms with van der Waals surface area (Å²) in [6, 6.07) is 1.93. The lowest BCUT2D eigenvalue weighted by atomic mass is 9.85. The number of rotatable bonds is 4. The Kier molecular flexibility index (Phi) is 4.37. The van der Waals surface area contributed by atoms with Crippen LogP contribution < -0.4 is 10.5 Å². The highest BCUT2D eigenvalue weighted by Gasteiger charge is 2.25. The minimum atomic E-state index is 0.362. The molecule has 2 rings (SSSR count). The third kappa shape index (κ3) is 2.97. The molecule has 1 aliphatic carbocycles. The van der Waals surface area contributed by atoms with Crippen molar-refractivity contribution in [1.29, 1.82) is 0 Å². The molecule has 0 saturated heterocycles. The highest BCUT2D eigenvalue weighted by Crippen LogP contribution is 2.31. The number of hydrogen-bond acceptors (Lipinski definition) is 3. The van der Waals surface area contributed by atoms with Gasteiger partial charge in [0.2, 0.25) is 0 Å². The van der Waals surface area contributed by atoms with Crippen molar-refractivity contribution in [1.82, 2.24) is 4.98 Å². The van der Waals surface area contributed by atoms with Gasteiger partial charge in [-0.25, -0.2) is 0 Å². The molecule has 2 N–H and O–H groups in total. The van der Waals surface area contributed by atoms with Gasteiger partial charge in [-0.2, -0.15) is 0 Å². The van der Waals surface area contributed by atoms with E-state index in [1.165, 1.54) is 32.1 Å². The Bertz CT molecular complexity index is 354. The van der Waals surface area contributed by atoms with Crippen LogP contribution in [0.25, 0.3) is 0 Å². The van der Waals surface area contributed by atoms with Crippen LogP contribution >= 0.6 is 0 Å². The smallest absolute Gasteiger partial charge is 0.127 e. The number of hydrogen-bond donors (Lipinski definition) is 1. The molecule has 0 radical (unpaired) electrons. The molecule has 94 valence electrons. The average molecular weight is 234 g/mol. The summed E-state index contributed by atoms with van der Waals surface area (Å²) in [5.74, 6) is 1.62. The van der Waals surface area contributed by atoms with Gasteiger partial charge in [-0.3, -0.25) is 4.98 Å². The minimum absolute atomic E-state index is 0.362. The Morgan fingerprint density at radius 1 is 1.41 bits per heavy atom. The van der Waals surface area contributed by atoms with Crippen molar-refractivity contribution in [2.45, 2.75) is 51.7 Å². The van der Waals surface area contributed by atoms with Crippen molar-refractivity contribution in [2.75, 3.05) is 0 Å². The van der Waals surface area contributed by atoms with Crippen LogP contribution in [0.1, 0.15) is 44.6 Å². The molecule has 3 nitrogen and oxygen atoms in total. The van der Waals surface area contributed by atoms with Gasteiger partial charge in [0.05, 0.1) is 0 Å². The van der Waals surface area contributed by atoms with Gasteiger partial charge in [0.25, 0.3) is 0 Å². The van der Waals surface area contributed by atoms with Gasteiger partial charge in [0.15, 0.2) is 0 Å². The van der Waals surface area contributed by atoms with Crippen LogP contribution in [0.3, 0.4) is 0 Å². The number of nitrogens with two attached hydrogens (primary N) is 1. The van der Waals surface area contributed by atoms with E-state index >= 15 is 0 Å². The van der Waals surface area contributed by atoms with Crippen molar-refractivity contribution < 1.29 is 4.74 Å². The van der Waals surface area contributed by atoms with E-state index in [1.54, 1.807) is 12.4 Å². The minimum Gasteiger partial charge on any atom is -0.490 e. The summed E-state index contributed by atoms with van der Waals surface area (Å²) in [6.07, 6.45) is 10.2. The Labute approximate surface area is 103 Å². The molecule has 2 atom stereocenters. The van der Waals surface area contributed by atoms with Crippen LogP contribution in [0.2, 0.25) is 0 Å². The topological polar surface area (TPSA) is 48.1 Å². The first-order chi connectivity index (χ1) is 8.35. The molecule has 1 saturated carbocycles. The second-order valence-electron chi connectivity index (χ2n) is 4.80. The van der Waals surface area contributed by atoms with Gasteiger partial charge in [-0.1, -0.05) is 13.3 Å². The molecule has 1 aromatic heterocycles. The van der Waals surface area contributed by atoms with Crippen molar-refractivity contribution in [3.8, 4) is 5.75 Å². The lowest BCUT2D eigenvalue weighted by Crippen LogP contribution is -2.30. The standard InChI is InChI=1S/C14H22N2O/c1-2-11-5-3-4-6-13(11)17-14-7-8-16-10-12(14)9-15/h7-8,10-11,13H,2-6,9,15H2,1H3. The zero-order chi connectivity index (χ0) is 12.1. The maximum absolute atomic E-state index is 6.16. The van der Waals surface area contributed by atoms with E-state index < -0.39 is 0 Å². The third-order valence-corrected chi connectivity index (χ3v) is 3.72. The molecule has 2 unspecified atom stereocenters. The summed E-state index contributed by atoms with van der Waals surface area (Å²) in [5, 5.41) is 0. The van der Waals surface area contributed by atoms with Crippen LogP contribution in [0, 0.1) is 5.92 Å². The first-order valence-electron chi connectivity index (χ1n) is 6.64. The zero-order valence-corrected chi connectivity index (χ0v) is 10.6. The Morgan fingerprint density at radius 2 is 2.24 bits per heavy atom. The number of pyridine rings is 1. The molecule has 1 fully saturated rings. The molecule has 17 heavy (non-hydrogen) atoms. The zero-order valence-electron chi connectivity index (χ0n) is 10.6. The molecule has 0 spiro atoms. The summed E-state index contributed by atoms with van der Waals surface area (Å²) in [5.41, 5.74) is 6.71. The Balaban J connectivity index is 2.08. The predicted molar refractivity (Wildman–Crippen MR) is 68.8 cm³/mol. The Morgan fingerprint density at radius 3 is 3.00 bits per heavy atom. The summed E-state index contributed by atoms with van der Waals surface area (Å²) < 4.78 is 6.16. The van der Waals surface area contributed by atoms with E-state index in [4.69, 9.17) is 10.5 Å². The maximum Gasteiger partial charge on any atom is 0.127 e. The first-order valence-corrected chi connectivity index (χ1v) is 6.64. The molecule has 3 heteroatoms. The molecule has 0 aliphatic heterocycles. The van der Waals surface area contributed by atoms with Gasteiger partial charge in [-0.05, 0) is 37.7 Å². The van der Waals surface area contributed by atoms with Crippen molar-refractivity contribution in [3.63, 3.8) is 0 Å². The largest absolute Gasteiger partial charge is 0.490 e. The fraction of sp³-hybridized carbons (Fsp3) is 0.643. The average Bonchev–Trinajstić information content (AvgIpc) is 2.40. The predicted octanol–water partition coefficient (Wildman–Crippen LogP) is 2.89. The maximum atomic E-state index is 6.16. The van der Waals surface area contributed by atoms with Crippen molar-refractivity contribution >= 4 is 0 Å². The highest BCUT2D eigenvalue weighted by atomic mass is 16.5. The number of ether oxygens (including phenoxy) is 1.